The van der Waals surface area contributed by atoms with Crippen molar-refractivity contribution in [1.29, 1.82) is 0 Å². The molecule has 44 heavy (non-hydrogen) atoms. The molecule has 0 spiro atoms. The van der Waals surface area contributed by atoms with E-state index < -0.39 is 47.7 Å². The van der Waals surface area contributed by atoms with Gasteiger partial charge >= 0.3 is 48.1 Å². The van der Waals surface area contributed by atoms with Gasteiger partial charge in [0.05, 0.1) is 11.4 Å². The van der Waals surface area contributed by atoms with Crippen LogP contribution in [0.5, 0.6) is 0 Å². The fourth-order valence-electron chi connectivity index (χ4n) is 5.18. The van der Waals surface area contributed by atoms with Gasteiger partial charge in [-0.1, -0.05) is 0 Å². The molecule has 0 aliphatic carbocycles. The van der Waals surface area contributed by atoms with Gasteiger partial charge < -0.3 is 24.0 Å². The summed E-state index contributed by atoms with van der Waals surface area (Å²) in [6.07, 6.45) is 0.143. The standard InChI is InChI=1S/C28H42B3N5O8/c1-18(24(37)42-29)33-10-12-34(19(2)25(38)43-30)16-22-14-21(8-7-9-36(27(40)41)28(4,5)6)15-23(32-22)17-35(13-11-33)20(3)26(39)44-31/h14-15,18-20H,7-13,16-17H2,1-6H3,(H,40,41). The smallest absolute Gasteiger partial charge is 0.407 e. The number of hydrogen-bond acceptors (Lipinski definition) is 11. The molecule has 2 heterocycles. The van der Waals surface area contributed by atoms with E-state index in [1.165, 1.54) is 4.90 Å². The van der Waals surface area contributed by atoms with Gasteiger partial charge in [0.25, 0.3) is 0 Å². The summed E-state index contributed by atoms with van der Waals surface area (Å²) in [5.41, 5.74) is 1.67. The number of amides is 1. The van der Waals surface area contributed by atoms with Crippen LogP contribution in [0.1, 0.15) is 64.9 Å². The van der Waals surface area contributed by atoms with Crippen molar-refractivity contribution in [3.05, 3.63) is 29.1 Å². The SMILES string of the molecule is [B]OC(=O)C(C)N1CCN(C(C)C(=O)O[B])Cc2cc(CCCN(C(=O)O)C(C)(C)C)cc(n2)CN(C(C)C(=O)O[B])CC1. The number of pyridine rings is 1. The third-order valence-electron chi connectivity index (χ3n) is 7.97. The van der Waals surface area contributed by atoms with Crippen LogP contribution in [0.4, 0.5) is 4.79 Å². The average Bonchev–Trinajstić information content (AvgIpc) is 2.97. The lowest BCUT2D eigenvalue weighted by Crippen LogP contribution is -2.51. The Bertz CT molecular complexity index is 1100. The highest BCUT2D eigenvalue weighted by Gasteiger charge is 2.30. The monoisotopic (exact) mass is 609 g/mol. The zero-order valence-electron chi connectivity index (χ0n) is 26.5. The van der Waals surface area contributed by atoms with Crippen molar-refractivity contribution in [1.82, 2.24) is 24.6 Å². The maximum Gasteiger partial charge on any atom is 0.407 e. The summed E-state index contributed by atoms with van der Waals surface area (Å²) in [7, 11) is 15.6. The third-order valence-corrected chi connectivity index (χ3v) is 7.97. The summed E-state index contributed by atoms with van der Waals surface area (Å²) in [5.74, 6) is -1.90. The minimum Gasteiger partial charge on any atom is -0.542 e. The van der Waals surface area contributed by atoms with E-state index >= 15 is 0 Å². The zero-order valence-corrected chi connectivity index (χ0v) is 26.5. The molecule has 2 rings (SSSR count). The summed E-state index contributed by atoms with van der Waals surface area (Å²) in [5, 5.41) is 9.68. The summed E-state index contributed by atoms with van der Waals surface area (Å²) in [4.78, 5) is 60.9. The van der Waals surface area contributed by atoms with E-state index in [2.05, 4.69) is 14.0 Å². The number of fused-ring (bicyclic) bond motifs is 2. The van der Waals surface area contributed by atoms with Gasteiger partial charge in [0.15, 0.2) is 0 Å². The first-order valence-corrected chi connectivity index (χ1v) is 14.6. The Kier molecular flexibility index (Phi) is 14.2. The third kappa shape index (κ3) is 10.5. The van der Waals surface area contributed by atoms with Gasteiger partial charge in [-0.2, -0.15) is 0 Å². The quantitative estimate of drug-likeness (QED) is 0.375. The molecule has 1 aromatic heterocycles. The largest absolute Gasteiger partial charge is 0.542 e. The molecule has 0 fully saturated rings. The minimum absolute atomic E-state index is 0.240. The molecule has 1 aliphatic heterocycles. The molecule has 3 atom stereocenters. The van der Waals surface area contributed by atoms with E-state index in [9.17, 15) is 24.3 Å². The van der Waals surface area contributed by atoms with Crippen LogP contribution in [-0.2, 0) is 47.9 Å². The Labute approximate surface area is 263 Å². The van der Waals surface area contributed by atoms with Crippen LogP contribution in [0.2, 0.25) is 0 Å². The number of carbonyl (C=O) groups is 4. The molecule has 16 heteroatoms. The molecular weight excluding hydrogens is 567 g/mol. The average molecular weight is 609 g/mol. The van der Waals surface area contributed by atoms with Gasteiger partial charge in [-0.3, -0.25) is 34.1 Å². The van der Waals surface area contributed by atoms with Crippen LogP contribution >= 0.6 is 0 Å². The maximum atomic E-state index is 12.5. The number of hydrogen-bond donors (Lipinski definition) is 1. The molecule has 2 bridgehead atoms. The zero-order chi connectivity index (χ0) is 33.2. The number of nitrogens with zero attached hydrogens (tertiary/aromatic N) is 5. The fourth-order valence-corrected chi connectivity index (χ4v) is 5.18. The number of rotatable bonds is 10. The van der Waals surface area contributed by atoms with E-state index in [1.807, 2.05) is 47.6 Å². The topological polar surface area (TPSA) is 142 Å². The van der Waals surface area contributed by atoms with E-state index in [4.69, 9.17) is 29.1 Å². The molecule has 13 nitrogen and oxygen atoms in total. The molecular formula is C28H42B3N5O8. The Morgan fingerprint density at radius 2 is 1.20 bits per heavy atom. The van der Waals surface area contributed by atoms with E-state index in [1.54, 1.807) is 20.8 Å². The van der Waals surface area contributed by atoms with Crippen LogP contribution in [0.3, 0.4) is 0 Å². The molecule has 0 saturated heterocycles. The van der Waals surface area contributed by atoms with Crippen molar-refractivity contribution < 1.29 is 38.2 Å². The predicted molar refractivity (Wildman–Crippen MR) is 163 cm³/mol. The van der Waals surface area contributed by atoms with Crippen molar-refractivity contribution in [3.8, 4) is 0 Å². The summed E-state index contributed by atoms with van der Waals surface area (Å²) in [6.45, 7) is 12.6. The second-order valence-electron chi connectivity index (χ2n) is 12.0. The second kappa shape index (κ2) is 16.8. The van der Waals surface area contributed by atoms with Crippen molar-refractivity contribution in [2.45, 2.75) is 91.1 Å². The lowest BCUT2D eigenvalue weighted by atomic mass is 10.0. The molecule has 3 unspecified atom stereocenters. The first-order chi connectivity index (χ1) is 20.6. The van der Waals surface area contributed by atoms with E-state index in [0.29, 0.717) is 57.0 Å². The Morgan fingerprint density at radius 3 is 1.57 bits per heavy atom. The van der Waals surface area contributed by atoms with Crippen LogP contribution < -0.4 is 0 Å². The minimum atomic E-state index is -0.987. The Morgan fingerprint density at radius 1 is 0.818 bits per heavy atom. The van der Waals surface area contributed by atoms with Gasteiger partial charge in [-0.05, 0) is 72.1 Å². The molecule has 6 radical (unpaired) electrons. The summed E-state index contributed by atoms with van der Waals surface area (Å²) >= 11 is 0. The van der Waals surface area contributed by atoms with Crippen LogP contribution in [0.15, 0.2) is 12.1 Å². The van der Waals surface area contributed by atoms with E-state index in [0.717, 1.165) is 5.56 Å². The number of carbonyl (C=O) groups excluding carboxylic acids is 3. The fraction of sp³-hybridized carbons (Fsp3) is 0.679. The number of aromatic nitrogens is 1. The summed E-state index contributed by atoms with van der Waals surface area (Å²) in [6, 6.07) is 1.64. The highest BCUT2D eigenvalue weighted by molar-refractivity contribution is 6.06. The highest BCUT2D eigenvalue weighted by atomic mass is 16.5. The van der Waals surface area contributed by atoms with Crippen molar-refractivity contribution in [3.63, 3.8) is 0 Å². The van der Waals surface area contributed by atoms with Gasteiger partial charge in [-0.15, -0.1) is 0 Å². The number of carboxylic acid groups (broad SMARTS) is 1. The molecule has 1 N–H and O–H groups in total. The Balaban J connectivity index is 2.51. The van der Waals surface area contributed by atoms with Crippen LogP contribution in [0.25, 0.3) is 0 Å². The van der Waals surface area contributed by atoms with Crippen molar-refractivity contribution >= 4 is 48.1 Å². The van der Waals surface area contributed by atoms with Gasteiger partial charge in [-0.25, -0.2) is 4.79 Å². The van der Waals surface area contributed by atoms with Crippen LogP contribution in [-0.4, -0.2) is 134 Å². The molecule has 1 aromatic rings. The second-order valence-corrected chi connectivity index (χ2v) is 12.0. The van der Waals surface area contributed by atoms with Gasteiger partial charge in [0.1, 0.15) is 18.1 Å². The molecule has 0 aromatic carbocycles. The van der Waals surface area contributed by atoms with Gasteiger partial charge in [0.2, 0.25) is 0 Å². The number of aryl methyl sites for hydroxylation is 1. The first-order valence-electron chi connectivity index (χ1n) is 14.6. The lowest BCUT2D eigenvalue weighted by Gasteiger charge is -2.36. The maximum absolute atomic E-state index is 12.5. The molecule has 0 saturated carbocycles. The molecule has 1 amide bonds. The summed E-state index contributed by atoms with van der Waals surface area (Å²) < 4.78 is 13.5. The highest BCUT2D eigenvalue weighted by Crippen LogP contribution is 2.19. The van der Waals surface area contributed by atoms with Crippen molar-refractivity contribution in [2.75, 3.05) is 32.7 Å². The molecule has 236 valence electrons. The normalized spacial score (nSPS) is 17.7. The lowest BCUT2D eigenvalue weighted by molar-refractivity contribution is -0.142. The van der Waals surface area contributed by atoms with Gasteiger partial charge in [0, 0.05) is 51.4 Å². The predicted octanol–water partition coefficient (Wildman–Crippen LogP) is 0.758. The van der Waals surface area contributed by atoms with Crippen molar-refractivity contribution in [2.24, 2.45) is 0 Å². The van der Waals surface area contributed by atoms with E-state index in [-0.39, 0.29) is 13.1 Å². The molecule has 1 aliphatic rings. The Hall–Kier alpha value is -3.10. The van der Waals surface area contributed by atoms with Crippen LogP contribution in [0, 0.1) is 0 Å². The first kappa shape index (κ1) is 37.1.